The molecule has 0 radical (unpaired) electrons. The Bertz CT molecular complexity index is 1370. The van der Waals surface area contributed by atoms with Crippen molar-refractivity contribution in [2.45, 2.75) is 32.4 Å². The van der Waals surface area contributed by atoms with Crippen molar-refractivity contribution in [3.05, 3.63) is 59.5 Å². The maximum atomic E-state index is 9.42. The van der Waals surface area contributed by atoms with Crippen molar-refractivity contribution in [3.63, 3.8) is 0 Å². The van der Waals surface area contributed by atoms with E-state index in [4.69, 9.17) is 10.2 Å². The van der Waals surface area contributed by atoms with Crippen LogP contribution in [0.25, 0.3) is 34.3 Å². The first-order chi connectivity index (χ1) is 15.4. The second-order valence-corrected chi connectivity index (χ2v) is 8.16. The number of nitriles is 1. The molecule has 1 aromatic carbocycles. The van der Waals surface area contributed by atoms with Gasteiger partial charge in [0.15, 0.2) is 11.5 Å². The molecule has 3 N–H and O–H groups in total. The molecule has 4 aromatic rings. The number of anilines is 1. The van der Waals surface area contributed by atoms with Crippen LogP contribution >= 0.6 is 0 Å². The van der Waals surface area contributed by atoms with Gasteiger partial charge in [0.25, 0.3) is 5.89 Å². The van der Waals surface area contributed by atoms with Crippen LogP contribution in [0, 0.1) is 11.3 Å². The predicted molar refractivity (Wildman–Crippen MR) is 118 cm³/mol. The Morgan fingerprint density at radius 3 is 2.69 bits per heavy atom. The SMILES string of the molecule is CC(C)(C#N)c1cc(-c2cnc(N)c(-c3nnc(-c4ccc5c(c4)CNC5)o3)n2)ccn1. The Kier molecular flexibility index (Phi) is 4.64. The highest BCUT2D eigenvalue weighted by molar-refractivity contribution is 5.69. The zero-order valence-corrected chi connectivity index (χ0v) is 17.6. The zero-order chi connectivity index (χ0) is 22.3. The van der Waals surface area contributed by atoms with Crippen LogP contribution in [-0.4, -0.2) is 25.1 Å². The molecule has 0 bridgehead atoms. The first-order valence-electron chi connectivity index (χ1n) is 10.1. The van der Waals surface area contributed by atoms with Gasteiger partial charge in [-0.1, -0.05) is 6.07 Å². The zero-order valence-electron chi connectivity index (χ0n) is 17.6. The Hall–Kier alpha value is -4.16. The van der Waals surface area contributed by atoms with E-state index in [1.165, 1.54) is 11.1 Å². The monoisotopic (exact) mass is 424 g/mol. The summed E-state index contributed by atoms with van der Waals surface area (Å²) in [6.07, 6.45) is 3.22. The van der Waals surface area contributed by atoms with Crippen LogP contribution in [0.5, 0.6) is 0 Å². The third-order valence-corrected chi connectivity index (χ3v) is 5.49. The highest BCUT2D eigenvalue weighted by Gasteiger charge is 2.23. The van der Waals surface area contributed by atoms with E-state index in [0.717, 1.165) is 24.2 Å². The van der Waals surface area contributed by atoms with Crippen LogP contribution in [0.1, 0.15) is 30.7 Å². The number of aromatic nitrogens is 5. The number of nitrogen functional groups attached to an aromatic ring is 1. The molecule has 9 nitrogen and oxygen atoms in total. The number of hydrogen-bond donors (Lipinski definition) is 2. The van der Waals surface area contributed by atoms with Crippen LogP contribution < -0.4 is 11.1 Å². The molecule has 0 saturated heterocycles. The fourth-order valence-electron chi connectivity index (χ4n) is 3.55. The Morgan fingerprint density at radius 1 is 1.03 bits per heavy atom. The summed E-state index contributed by atoms with van der Waals surface area (Å²) in [5, 5.41) is 21.1. The Morgan fingerprint density at radius 2 is 1.84 bits per heavy atom. The van der Waals surface area contributed by atoms with E-state index in [0.29, 0.717) is 23.0 Å². The van der Waals surface area contributed by atoms with Gasteiger partial charge in [0.05, 0.1) is 29.1 Å². The second kappa shape index (κ2) is 7.51. The molecule has 9 heteroatoms. The summed E-state index contributed by atoms with van der Waals surface area (Å²) in [4.78, 5) is 13.2. The van der Waals surface area contributed by atoms with Crippen molar-refractivity contribution in [3.8, 4) is 40.4 Å². The molecule has 0 unspecified atom stereocenters. The molecule has 0 fully saturated rings. The highest BCUT2D eigenvalue weighted by Crippen LogP contribution is 2.30. The average molecular weight is 424 g/mol. The van der Waals surface area contributed by atoms with Crippen molar-refractivity contribution in [2.24, 2.45) is 0 Å². The van der Waals surface area contributed by atoms with Crippen molar-refractivity contribution in [2.75, 3.05) is 5.73 Å². The highest BCUT2D eigenvalue weighted by atomic mass is 16.4. The molecule has 0 saturated carbocycles. The summed E-state index contributed by atoms with van der Waals surface area (Å²) in [6.45, 7) is 5.31. The van der Waals surface area contributed by atoms with E-state index >= 15 is 0 Å². The second-order valence-electron chi connectivity index (χ2n) is 8.16. The normalized spacial score (nSPS) is 13.0. The topological polar surface area (TPSA) is 139 Å². The van der Waals surface area contributed by atoms with Crippen molar-refractivity contribution >= 4 is 5.82 Å². The molecule has 1 aliphatic rings. The number of fused-ring (bicyclic) bond motifs is 1. The van der Waals surface area contributed by atoms with Gasteiger partial charge in [-0.2, -0.15) is 5.26 Å². The molecule has 32 heavy (non-hydrogen) atoms. The molecule has 0 atom stereocenters. The van der Waals surface area contributed by atoms with Crippen LogP contribution in [0.15, 0.2) is 47.1 Å². The van der Waals surface area contributed by atoms with Gasteiger partial charge in [0.2, 0.25) is 5.89 Å². The van der Waals surface area contributed by atoms with Crippen LogP contribution in [0.4, 0.5) is 5.82 Å². The van der Waals surface area contributed by atoms with Crippen LogP contribution in [0.2, 0.25) is 0 Å². The molecule has 0 spiro atoms. The van der Waals surface area contributed by atoms with Crippen molar-refractivity contribution in [1.29, 1.82) is 5.26 Å². The molecule has 3 aromatic heterocycles. The third kappa shape index (κ3) is 3.46. The predicted octanol–water partition coefficient (Wildman–Crippen LogP) is 3.24. The lowest BCUT2D eigenvalue weighted by Crippen LogP contribution is -2.15. The van der Waals surface area contributed by atoms with E-state index < -0.39 is 5.41 Å². The van der Waals surface area contributed by atoms with Crippen LogP contribution in [0.3, 0.4) is 0 Å². The molecule has 0 amide bonds. The molecular weight excluding hydrogens is 404 g/mol. The lowest BCUT2D eigenvalue weighted by Gasteiger charge is -2.15. The van der Waals surface area contributed by atoms with Gasteiger partial charge in [-0.15, -0.1) is 10.2 Å². The number of rotatable bonds is 4. The molecular formula is C23H20N8O. The van der Waals surface area contributed by atoms with E-state index in [-0.39, 0.29) is 11.7 Å². The van der Waals surface area contributed by atoms with Gasteiger partial charge in [0.1, 0.15) is 0 Å². The first kappa shape index (κ1) is 19.8. The maximum Gasteiger partial charge on any atom is 0.270 e. The Balaban J connectivity index is 1.51. The van der Waals surface area contributed by atoms with Gasteiger partial charge >= 0.3 is 0 Å². The minimum absolute atomic E-state index is 0.189. The lowest BCUT2D eigenvalue weighted by atomic mass is 9.90. The molecule has 1 aliphatic heterocycles. The first-order valence-corrected chi connectivity index (χ1v) is 10.1. The lowest BCUT2D eigenvalue weighted by molar-refractivity contribution is 0.582. The maximum absolute atomic E-state index is 9.42. The van der Waals surface area contributed by atoms with Gasteiger partial charge < -0.3 is 15.5 Å². The van der Waals surface area contributed by atoms with Gasteiger partial charge in [-0.3, -0.25) is 4.98 Å². The third-order valence-electron chi connectivity index (χ3n) is 5.49. The number of nitrogens with zero attached hydrogens (tertiary/aromatic N) is 6. The molecule has 158 valence electrons. The van der Waals surface area contributed by atoms with Crippen molar-refractivity contribution in [1.82, 2.24) is 30.5 Å². The number of nitrogens with one attached hydrogen (secondary N) is 1. The van der Waals surface area contributed by atoms with E-state index in [9.17, 15) is 5.26 Å². The summed E-state index contributed by atoms with van der Waals surface area (Å²) in [5.41, 5.74) is 11.0. The number of benzene rings is 1. The van der Waals surface area contributed by atoms with E-state index in [1.54, 1.807) is 18.5 Å². The largest absolute Gasteiger partial charge is 0.414 e. The fraction of sp³-hybridized carbons (Fsp3) is 0.217. The summed E-state index contributed by atoms with van der Waals surface area (Å²) in [5.74, 6) is 0.772. The summed E-state index contributed by atoms with van der Waals surface area (Å²) >= 11 is 0. The summed E-state index contributed by atoms with van der Waals surface area (Å²) in [6, 6.07) is 12.0. The number of nitrogens with two attached hydrogens (primary N) is 1. The standard InChI is InChI=1S/C23H20N8O/c1-23(2,12-24)18-8-13(5-6-27-18)17-11-28-20(25)19(29-17)22-31-30-21(32-22)14-3-4-15-9-26-10-16(15)7-14/h3-8,11,26H,9-10H2,1-2H3,(H2,25,28). The average Bonchev–Trinajstić information content (AvgIpc) is 3.49. The molecule has 5 rings (SSSR count). The van der Waals surface area contributed by atoms with E-state index in [2.05, 4.69) is 42.6 Å². The molecule has 4 heterocycles. The summed E-state index contributed by atoms with van der Waals surface area (Å²) < 4.78 is 5.90. The number of hydrogen-bond acceptors (Lipinski definition) is 9. The summed E-state index contributed by atoms with van der Waals surface area (Å²) in [7, 11) is 0. The fourth-order valence-corrected chi connectivity index (χ4v) is 3.55. The van der Waals surface area contributed by atoms with E-state index in [1.807, 2.05) is 32.0 Å². The smallest absolute Gasteiger partial charge is 0.270 e. The minimum Gasteiger partial charge on any atom is -0.414 e. The van der Waals surface area contributed by atoms with Crippen molar-refractivity contribution < 1.29 is 4.42 Å². The van der Waals surface area contributed by atoms with Gasteiger partial charge in [-0.05, 0) is 49.2 Å². The Labute approximate surface area is 184 Å². The molecule has 0 aliphatic carbocycles. The van der Waals surface area contributed by atoms with Crippen LogP contribution in [-0.2, 0) is 18.5 Å². The quantitative estimate of drug-likeness (QED) is 0.505. The van der Waals surface area contributed by atoms with Gasteiger partial charge in [0, 0.05) is 30.4 Å². The number of pyridine rings is 1. The van der Waals surface area contributed by atoms with Gasteiger partial charge in [-0.25, -0.2) is 9.97 Å². The minimum atomic E-state index is -0.729.